The van der Waals surface area contributed by atoms with Crippen molar-refractivity contribution in [2.24, 2.45) is 11.7 Å². The fourth-order valence-corrected chi connectivity index (χ4v) is 3.35. The van der Waals surface area contributed by atoms with Gasteiger partial charge in [0.1, 0.15) is 0 Å². The maximum absolute atomic E-state index is 12.0. The van der Waals surface area contributed by atoms with E-state index in [0.29, 0.717) is 6.42 Å². The van der Waals surface area contributed by atoms with Gasteiger partial charge in [0.15, 0.2) is 0 Å². The van der Waals surface area contributed by atoms with Gasteiger partial charge in [-0.25, -0.2) is 13.1 Å². The van der Waals surface area contributed by atoms with Crippen LogP contribution in [0.25, 0.3) is 0 Å². The molecule has 0 aliphatic heterocycles. The number of hydrogen-bond acceptors (Lipinski definition) is 4. The number of aryl methyl sites for hydroxylation is 1. The fourth-order valence-electron chi connectivity index (χ4n) is 1.56. The number of hydrogen-bond donors (Lipinski definition) is 2. The van der Waals surface area contributed by atoms with Crippen LogP contribution in [0.2, 0.25) is 0 Å². The van der Waals surface area contributed by atoms with Gasteiger partial charge in [-0.15, -0.1) is 0 Å². The third-order valence-electron chi connectivity index (χ3n) is 2.63. The zero-order chi connectivity index (χ0) is 14.5. The van der Waals surface area contributed by atoms with Crippen molar-refractivity contribution in [1.29, 1.82) is 0 Å². The molecular weight excluding hydrogens is 282 g/mol. The first-order valence-electron chi connectivity index (χ1n) is 6.01. The first-order valence-corrected chi connectivity index (χ1v) is 8.07. The summed E-state index contributed by atoms with van der Waals surface area (Å²) in [7, 11) is -3.43. The summed E-state index contributed by atoms with van der Waals surface area (Å²) >= 11 is 4.88. The molecule has 7 heteroatoms. The molecule has 0 aliphatic carbocycles. The van der Waals surface area contributed by atoms with E-state index in [4.69, 9.17) is 18.0 Å². The van der Waals surface area contributed by atoms with Gasteiger partial charge in [-0.3, -0.25) is 4.98 Å². The van der Waals surface area contributed by atoms with Crippen LogP contribution in [-0.2, 0) is 16.4 Å². The molecule has 0 amide bonds. The second-order valence-corrected chi connectivity index (χ2v) is 6.98. The summed E-state index contributed by atoms with van der Waals surface area (Å²) in [6.45, 7) is 3.73. The molecule has 3 N–H and O–H groups in total. The van der Waals surface area contributed by atoms with E-state index < -0.39 is 16.1 Å². The van der Waals surface area contributed by atoms with Crippen molar-refractivity contribution >= 4 is 27.2 Å². The lowest BCUT2D eigenvalue weighted by Crippen LogP contribution is -2.47. The van der Waals surface area contributed by atoms with E-state index in [0.717, 1.165) is 5.69 Å². The minimum absolute atomic E-state index is 0.0159. The molecule has 0 saturated carbocycles. The highest BCUT2D eigenvalue weighted by molar-refractivity contribution is 7.89. The SMILES string of the molecule is CC(C)C(NS(=O)(=O)CCc1ccccn1)C(N)=S. The maximum atomic E-state index is 12.0. The highest BCUT2D eigenvalue weighted by Crippen LogP contribution is 2.05. The van der Waals surface area contributed by atoms with Gasteiger partial charge in [0.05, 0.1) is 16.8 Å². The van der Waals surface area contributed by atoms with Crippen LogP contribution in [0.3, 0.4) is 0 Å². The number of thiocarbonyl (C=S) groups is 1. The zero-order valence-corrected chi connectivity index (χ0v) is 12.7. The molecule has 19 heavy (non-hydrogen) atoms. The summed E-state index contributed by atoms with van der Waals surface area (Å²) in [6, 6.07) is 4.90. The van der Waals surface area contributed by atoms with Crippen LogP contribution in [0, 0.1) is 5.92 Å². The standard InChI is InChI=1S/C12H19N3O2S2/c1-9(2)11(12(13)18)15-19(16,17)8-6-10-5-3-4-7-14-10/h3-5,7,9,11,15H,6,8H2,1-2H3,(H2,13,18). The Morgan fingerprint density at radius 1 is 1.47 bits per heavy atom. The molecule has 5 nitrogen and oxygen atoms in total. The van der Waals surface area contributed by atoms with Crippen LogP contribution in [0.1, 0.15) is 19.5 Å². The second kappa shape index (κ2) is 6.93. The van der Waals surface area contributed by atoms with E-state index in [2.05, 4.69) is 9.71 Å². The number of nitrogens with one attached hydrogen (secondary N) is 1. The summed E-state index contributed by atoms with van der Waals surface area (Å²) < 4.78 is 26.5. The van der Waals surface area contributed by atoms with Gasteiger partial charge in [-0.1, -0.05) is 32.1 Å². The highest BCUT2D eigenvalue weighted by Gasteiger charge is 2.22. The monoisotopic (exact) mass is 301 g/mol. The van der Waals surface area contributed by atoms with Crippen LogP contribution < -0.4 is 10.5 Å². The fraction of sp³-hybridized carbons (Fsp3) is 0.500. The maximum Gasteiger partial charge on any atom is 0.212 e. The molecule has 1 unspecified atom stereocenters. The van der Waals surface area contributed by atoms with Gasteiger partial charge in [0, 0.05) is 18.3 Å². The third-order valence-corrected chi connectivity index (χ3v) is 4.24. The first kappa shape index (κ1) is 16.0. The number of rotatable bonds is 7. The molecule has 1 atom stereocenters. The Morgan fingerprint density at radius 3 is 2.63 bits per heavy atom. The van der Waals surface area contributed by atoms with Crippen molar-refractivity contribution in [3.05, 3.63) is 30.1 Å². The Bertz CT molecular complexity index is 515. The third kappa shape index (κ3) is 5.63. The van der Waals surface area contributed by atoms with Crippen LogP contribution in [0.15, 0.2) is 24.4 Å². The van der Waals surface area contributed by atoms with Crippen LogP contribution in [-0.4, -0.2) is 30.2 Å². The summed E-state index contributed by atoms with van der Waals surface area (Å²) in [4.78, 5) is 4.25. The van der Waals surface area contributed by atoms with E-state index in [1.807, 2.05) is 19.9 Å². The molecule has 1 heterocycles. The molecule has 1 rings (SSSR count). The van der Waals surface area contributed by atoms with Crippen molar-refractivity contribution in [3.63, 3.8) is 0 Å². The van der Waals surface area contributed by atoms with E-state index in [1.165, 1.54) is 0 Å². The lowest BCUT2D eigenvalue weighted by molar-refractivity contribution is 0.526. The predicted octanol–water partition coefficient (Wildman–Crippen LogP) is 0.854. The average molecular weight is 301 g/mol. The highest BCUT2D eigenvalue weighted by atomic mass is 32.2. The number of aromatic nitrogens is 1. The Balaban J connectivity index is 2.64. The Kier molecular flexibility index (Phi) is 5.84. The zero-order valence-electron chi connectivity index (χ0n) is 11.0. The molecule has 106 valence electrons. The summed E-state index contributed by atoms with van der Waals surface area (Å²) in [6.07, 6.45) is 2.00. The van der Waals surface area contributed by atoms with Gasteiger partial charge < -0.3 is 5.73 Å². The van der Waals surface area contributed by atoms with Gasteiger partial charge in [-0.2, -0.15) is 0 Å². The van der Waals surface area contributed by atoms with Crippen LogP contribution in [0.5, 0.6) is 0 Å². The first-order chi connectivity index (χ1) is 8.82. The lowest BCUT2D eigenvalue weighted by Gasteiger charge is -2.20. The number of sulfonamides is 1. The summed E-state index contributed by atoms with van der Waals surface area (Å²) in [5.41, 5.74) is 6.28. The van der Waals surface area contributed by atoms with Crippen molar-refractivity contribution in [1.82, 2.24) is 9.71 Å². The van der Waals surface area contributed by atoms with Crippen molar-refractivity contribution in [2.45, 2.75) is 26.3 Å². The molecule has 0 aliphatic rings. The van der Waals surface area contributed by atoms with E-state index in [1.54, 1.807) is 18.3 Å². The number of pyridine rings is 1. The van der Waals surface area contributed by atoms with E-state index in [9.17, 15) is 8.42 Å². The molecule has 1 aromatic rings. The van der Waals surface area contributed by atoms with Crippen molar-refractivity contribution in [2.75, 3.05) is 5.75 Å². The van der Waals surface area contributed by atoms with Crippen molar-refractivity contribution in [3.8, 4) is 0 Å². The van der Waals surface area contributed by atoms with Crippen LogP contribution >= 0.6 is 12.2 Å². The average Bonchev–Trinajstić information content (AvgIpc) is 2.34. The Labute approximate surface area is 119 Å². The molecule has 1 aromatic heterocycles. The molecule has 0 radical (unpaired) electrons. The van der Waals surface area contributed by atoms with Crippen molar-refractivity contribution < 1.29 is 8.42 Å². The van der Waals surface area contributed by atoms with Gasteiger partial charge in [-0.05, 0) is 18.1 Å². The number of nitrogens with zero attached hydrogens (tertiary/aromatic N) is 1. The Hall–Kier alpha value is -1.05. The normalized spacial score (nSPS) is 13.4. The van der Waals surface area contributed by atoms with Gasteiger partial charge in [0.2, 0.25) is 10.0 Å². The topological polar surface area (TPSA) is 85.1 Å². The molecular formula is C12H19N3O2S2. The minimum Gasteiger partial charge on any atom is -0.392 e. The molecule has 0 saturated heterocycles. The molecule has 0 aromatic carbocycles. The molecule has 0 bridgehead atoms. The predicted molar refractivity (Wildman–Crippen MR) is 80.3 cm³/mol. The largest absolute Gasteiger partial charge is 0.392 e. The van der Waals surface area contributed by atoms with Crippen LogP contribution in [0.4, 0.5) is 0 Å². The molecule has 0 spiro atoms. The smallest absolute Gasteiger partial charge is 0.212 e. The quantitative estimate of drug-likeness (QED) is 0.729. The summed E-state index contributed by atoms with van der Waals surface area (Å²) in [5, 5.41) is 0. The minimum atomic E-state index is -3.43. The second-order valence-electron chi connectivity index (χ2n) is 4.63. The van der Waals surface area contributed by atoms with Gasteiger partial charge >= 0.3 is 0 Å². The van der Waals surface area contributed by atoms with E-state index >= 15 is 0 Å². The van der Waals surface area contributed by atoms with E-state index in [-0.39, 0.29) is 16.7 Å². The molecule has 0 fully saturated rings. The summed E-state index contributed by atoms with van der Waals surface area (Å²) in [5.74, 6) is -0.0160. The van der Waals surface area contributed by atoms with Gasteiger partial charge in [0.25, 0.3) is 0 Å². The lowest BCUT2D eigenvalue weighted by atomic mass is 10.1. The number of nitrogens with two attached hydrogens (primary N) is 1. The Morgan fingerprint density at radius 2 is 2.16 bits per heavy atom.